The summed E-state index contributed by atoms with van der Waals surface area (Å²) in [7, 11) is 0. The van der Waals surface area contributed by atoms with Crippen molar-refractivity contribution < 1.29 is 29.6 Å². The molecule has 0 radical (unpaired) electrons. The molecule has 25 heavy (non-hydrogen) atoms. The molecule has 3 saturated carbocycles. The van der Waals surface area contributed by atoms with Crippen LogP contribution in [-0.4, -0.2) is 44.6 Å². The topological polar surface area (TPSA) is 104 Å². The van der Waals surface area contributed by atoms with Gasteiger partial charge in [0, 0.05) is 11.8 Å². The number of carbonyl (C=O) groups excluding carboxylic acids is 1. The van der Waals surface area contributed by atoms with E-state index < -0.39 is 45.9 Å². The van der Waals surface area contributed by atoms with Crippen molar-refractivity contribution in [1.82, 2.24) is 0 Å². The smallest absolute Gasteiger partial charge is 0.313 e. The number of allylic oxidation sites excluding steroid dienone is 1. The molecule has 8 atom stereocenters. The van der Waals surface area contributed by atoms with Gasteiger partial charge in [0.05, 0.1) is 17.4 Å². The number of carbonyl (C=O) groups is 2. The van der Waals surface area contributed by atoms with Crippen molar-refractivity contribution in [2.45, 2.75) is 49.9 Å². The monoisotopic (exact) mass is 346 g/mol. The van der Waals surface area contributed by atoms with E-state index >= 15 is 0 Å². The molecule has 5 rings (SSSR count). The summed E-state index contributed by atoms with van der Waals surface area (Å²) in [5, 5.41) is 31.7. The van der Waals surface area contributed by atoms with Crippen molar-refractivity contribution in [1.29, 1.82) is 0 Å². The van der Waals surface area contributed by atoms with Crippen molar-refractivity contribution in [3.8, 4) is 0 Å². The highest BCUT2D eigenvalue weighted by Gasteiger charge is 2.83. The quantitative estimate of drug-likeness (QED) is 0.484. The van der Waals surface area contributed by atoms with Gasteiger partial charge in [-0.05, 0) is 49.7 Å². The van der Waals surface area contributed by atoms with Gasteiger partial charge < -0.3 is 20.1 Å². The third-order valence-electron chi connectivity index (χ3n) is 8.05. The zero-order valence-corrected chi connectivity index (χ0v) is 14.1. The molecule has 0 aromatic rings. The molecule has 4 aliphatic carbocycles. The summed E-state index contributed by atoms with van der Waals surface area (Å²) in [6.45, 7) is 5.74. The maximum Gasteiger partial charge on any atom is 0.313 e. The van der Waals surface area contributed by atoms with E-state index in [9.17, 15) is 24.9 Å². The normalized spacial score (nSPS) is 58.0. The Morgan fingerprint density at radius 2 is 2.16 bits per heavy atom. The van der Waals surface area contributed by atoms with Gasteiger partial charge in [-0.3, -0.25) is 9.59 Å². The Balaban J connectivity index is 1.78. The zero-order valence-electron chi connectivity index (χ0n) is 14.1. The number of carboxylic acids is 1. The fourth-order valence-corrected chi connectivity index (χ4v) is 7.12. The Hall–Kier alpha value is -1.66. The second-order valence-electron chi connectivity index (χ2n) is 8.98. The van der Waals surface area contributed by atoms with E-state index in [1.165, 1.54) is 0 Å². The first-order valence-electron chi connectivity index (χ1n) is 8.84. The molecular formula is C19H22O6. The van der Waals surface area contributed by atoms with Gasteiger partial charge in [0.2, 0.25) is 0 Å². The first-order valence-corrected chi connectivity index (χ1v) is 8.84. The molecule has 6 nitrogen and oxygen atoms in total. The van der Waals surface area contributed by atoms with Crippen molar-refractivity contribution in [2.24, 2.45) is 28.6 Å². The minimum Gasteiger partial charge on any atom is -0.481 e. The van der Waals surface area contributed by atoms with Crippen molar-refractivity contribution in [2.75, 3.05) is 0 Å². The van der Waals surface area contributed by atoms with E-state index in [1.807, 2.05) is 12.2 Å². The number of ether oxygens (including phenoxy) is 1. The van der Waals surface area contributed by atoms with E-state index in [0.29, 0.717) is 18.4 Å². The largest absolute Gasteiger partial charge is 0.481 e. The van der Waals surface area contributed by atoms with E-state index in [2.05, 4.69) is 6.58 Å². The van der Waals surface area contributed by atoms with Gasteiger partial charge in [0.1, 0.15) is 11.2 Å². The minimum absolute atomic E-state index is 0.168. The van der Waals surface area contributed by atoms with Crippen LogP contribution in [0.3, 0.4) is 0 Å². The molecule has 0 aromatic heterocycles. The number of rotatable bonds is 1. The lowest BCUT2D eigenvalue weighted by Gasteiger charge is -2.46. The number of esters is 1. The summed E-state index contributed by atoms with van der Waals surface area (Å²) in [5.74, 6) is -2.93. The predicted octanol–water partition coefficient (Wildman–Crippen LogP) is 1.03. The van der Waals surface area contributed by atoms with Crippen LogP contribution in [-0.2, 0) is 14.3 Å². The van der Waals surface area contributed by atoms with Crippen LogP contribution in [0, 0.1) is 28.6 Å². The van der Waals surface area contributed by atoms with E-state index in [1.54, 1.807) is 6.92 Å². The zero-order chi connectivity index (χ0) is 18.0. The van der Waals surface area contributed by atoms with Gasteiger partial charge in [-0.2, -0.15) is 0 Å². The summed E-state index contributed by atoms with van der Waals surface area (Å²) in [6, 6.07) is 0. The second kappa shape index (κ2) is 4.01. The molecule has 4 bridgehead atoms. The van der Waals surface area contributed by atoms with Crippen molar-refractivity contribution >= 4 is 11.9 Å². The van der Waals surface area contributed by atoms with Crippen LogP contribution in [0.2, 0.25) is 0 Å². The molecule has 5 aliphatic rings. The molecular weight excluding hydrogens is 324 g/mol. The molecule has 6 heteroatoms. The molecule has 1 heterocycles. The van der Waals surface area contributed by atoms with Gasteiger partial charge in [-0.25, -0.2) is 0 Å². The highest BCUT2D eigenvalue weighted by molar-refractivity contribution is 5.85. The van der Waals surface area contributed by atoms with E-state index in [0.717, 1.165) is 0 Å². The molecule has 3 N–H and O–H groups in total. The van der Waals surface area contributed by atoms with E-state index in [-0.39, 0.29) is 24.7 Å². The van der Waals surface area contributed by atoms with Gasteiger partial charge in [-0.1, -0.05) is 12.7 Å². The first kappa shape index (κ1) is 15.6. The van der Waals surface area contributed by atoms with Crippen molar-refractivity contribution in [3.63, 3.8) is 0 Å². The number of aliphatic carboxylic acids is 1. The fourth-order valence-electron chi connectivity index (χ4n) is 7.12. The SMILES string of the molecule is C=C1CC23CC1(O)C(O)CC2C12C=CCC(C)(C(=O)O1)C2C3C(=O)O. The average Bonchev–Trinajstić information content (AvgIpc) is 2.93. The molecule has 134 valence electrons. The molecule has 1 saturated heterocycles. The predicted molar refractivity (Wildman–Crippen MR) is 85.2 cm³/mol. The number of aliphatic hydroxyl groups is 2. The van der Waals surface area contributed by atoms with Gasteiger partial charge in [-0.15, -0.1) is 0 Å². The van der Waals surface area contributed by atoms with Crippen LogP contribution in [0.15, 0.2) is 24.3 Å². The average molecular weight is 346 g/mol. The number of fused-ring (bicyclic) bond motifs is 1. The lowest BCUT2D eigenvalue weighted by molar-refractivity contribution is -0.167. The third-order valence-corrected chi connectivity index (χ3v) is 8.05. The molecule has 0 amide bonds. The second-order valence-corrected chi connectivity index (χ2v) is 8.98. The highest BCUT2D eigenvalue weighted by Crippen LogP contribution is 2.77. The number of carboxylic acid groups (broad SMARTS) is 1. The molecule has 4 fully saturated rings. The van der Waals surface area contributed by atoms with Gasteiger partial charge in [0.15, 0.2) is 0 Å². The summed E-state index contributed by atoms with van der Waals surface area (Å²) in [4.78, 5) is 25.0. The van der Waals surface area contributed by atoms with Crippen LogP contribution in [0.4, 0.5) is 0 Å². The molecule has 1 spiro atoms. The Kier molecular flexibility index (Phi) is 2.50. The Labute approximate surface area is 145 Å². The summed E-state index contributed by atoms with van der Waals surface area (Å²) >= 11 is 0. The fraction of sp³-hybridized carbons (Fsp3) is 0.684. The summed E-state index contributed by atoms with van der Waals surface area (Å²) in [5.41, 5.74) is -3.56. The van der Waals surface area contributed by atoms with Crippen LogP contribution in [0.1, 0.15) is 32.6 Å². The number of hydrogen-bond donors (Lipinski definition) is 3. The number of aliphatic hydroxyl groups excluding tert-OH is 1. The minimum atomic E-state index is -1.44. The lowest BCUT2D eigenvalue weighted by Crippen LogP contribution is -2.53. The lowest BCUT2D eigenvalue weighted by atomic mass is 9.61. The summed E-state index contributed by atoms with van der Waals surface area (Å²) in [6.07, 6.45) is 3.93. The maximum atomic E-state index is 12.7. The Bertz CT molecular complexity index is 772. The van der Waals surface area contributed by atoms with E-state index in [4.69, 9.17) is 4.74 Å². The number of hydrogen-bond acceptors (Lipinski definition) is 5. The Morgan fingerprint density at radius 3 is 2.84 bits per heavy atom. The maximum absolute atomic E-state index is 12.7. The molecule has 0 aromatic carbocycles. The molecule has 8 unspecified atom stereocenters. The Morgan fingerprint density at radius 1 is 1.44 bits per heavy atom. The summed E-state index contributed by atoms with van der Waals surface area (Å²) < 4.78 is 5.90. The van der Waals surface area contributed by atoms with Gasteiger partial charge >= 0.3 is 11.9 Å². The van der Waals surface area contributed by atoms with Gasteiger partial charge in [0.25, 0.3) is 0 Å². The molecule has 1 aliphatic heterocycles. The van der Waals surface area contributed by atoms with Crippen LogP contribution >= 0.6 is 0 Å². The van der Waals surface area contributed by atoms with Crippen LogP contribution < -0.4 is 0 Å². The highest BCUT2D eigenvalue weighted by atomic mass is 16.6. The van der Waals surface area contributed by atoms with Crippen molar-refractivity contribution in [3.05, 3.63) is 24.3 Å². The third kappa shape index (κ3) is 1.36. The van der Waals surface area contributed by atoms with Crippen LogP contribution in [0.5, 0.6) is 0 Å². The van der Waals surface area contributed by atoms with Crippen LogP contribution in [0.25, 0.3) is 0 Å². The standard InChI is InChI=1S/C19H22O6/c1-9-7-17-8-18(9,24)11(20)6-10(17)19-5-3-4-16(2,15(23)25-19)13(19)12(17)14(21)22/h3,5,10-13,20,24H,1,4,6-8H2,2H3,(H,21,22). The first-order chi connectivity index (χ1) is 11.6.